The van der Waals surface area contributed by atoms with E-state index in [-0.39, 0.29) is 19.3 Å². The molecule has 0 heterocycles. The van der Waals surface area contributed by atoms with Crippen LogP contribution >= 0.6 is 15.6 Å². The number of rotatable bonds is 80. The molecule has 0 bridgehead atoms. The molecule has 0 aliphatic carbocycles. The monoisotopic (exact) mass is 1610 g/mol. The second-order valence-electron chi connectivity index (χ2n) is 28.2. The van der Waals surface area contributed by atoms with Crippen LogP contribution in [0, 0.1) is 0 Å². The number of allylic oxidation sites excluding steroid dienone is 34. The minimum Gasteiger partial charge on any atom is -0.463 e. The van der Waals surface area contributed by atoms with Crippen LogP contribution in [-0.2, 0) is 55.8 Å². The van der Waals surface area contributed by atoms with E-state index in [4.69, 9.17) is 32.3 Å². The number of esters is 3. The highest BCUT2D eigenvalue weighted by Gasteiger charge is 2.29. The van der Waals surface area contributed by atoms with Gasteiger partial charge in [-0.2, -0.15) is 0 Å². The third kappa shape index (κ3) is 86.8. The van der Waals surface area contributed by atoms with Gasteiger partial charge in [0.25, 0.3) is 0 Å². The first-order valence-corrected chi connectivity index (χ1v) is 46.4. The van der Waals surface area contributed by atoms with Crippen molar-refractivity contribution in [2.24, 2.45) is 0 Å². The molecule has 113 heavy (non-hydrogen) atoms. The molecule has 0 rings (SSSR count). The summed E-state index contributed by atoms with van der Waals surface area (Å²) in [7, 11) is -9.83. The van der Waals surface area contributed by atoms with Crippen molar-refractivity contribution >= 4 is 33.6 Å². The molecule has 0 fully saturated rings. The maximum absolute atomic E-state index is 13.1. The van der Waals surface area contributed by atoms with Crippen molar-refractivity contribution in [3.05, 3.63) is 207 Å². The van der Waals surface area contributed by atoms with Crippen molar-refractivity contribution in [1.29, 1.82) is 0 Å². The number of hydrogen-bond donors (Lipinski definition) is 4. The van der Waals surface area contributed by atoms with Crippen molar-refractivity contribution in [1.82, 2.24) is 0 Å². The summed E-state index contributed by atoms with van der Waals surface area (Å²) in [6.07, 6.45) is 114. The Morgan fingerprint density at radius 2 is 0.442 bits per heavy atom. The number of aliphatic hydroxyl groups is 2. The molecule has 18 heteroatoms. The van der Waals surface area contributed by atoms with Gasteiger partial charge in [0.05, 0.1) is 26.4 Å². The zero-order valence-electron chi connectivity index (χ0n) is 70.2. The summed E-state index contributed by atoms with van der Waals surface area (Å²) >= 11 is 0. The Kier molecular flexibility index (Phi) is 81.1. The van der Waals surface area contributed by atoms with Crippen molar-refractivity contribution < 1.29 is 75.8 Å². The average Bonchev–Trinajstić information content (AvgIpc) is 0.915. The van der Waals surface area contributed by atoms with Gasteiger partial charge in [0.1, 0.15) is 25.4 Å². The third-order valence-corrected chi connectivity index (χ3v) is 19.4. The van der Waals surface area contributed by atoms with E-state index in [1.54, 1.807) is 0 Å². The third-order valence-electron chi connectivity index (χ3n) is 17.5. The van der Waals surface area contributed by atoms with Crippen LogP contribution in [0.15, 0.2) is 207 Å². The predicted octanol–water partition coefficient (Wildman–Crippen LogP) is 26.4. The fraction of sp³-hybridized carbons (Fsp3) is 0.611. The molecule has 0 aliphatic heterocycles. The van der Waals surface area contributed by atoms with Crippen LogP contribution < -0.4 is 0 Å². The number of phosphoric ester groups is 2. The highest BCUT2D eigenvalue weighted by molar-refractivity contribution is 7.47. The lowest BCUT2D eigenvalue weighted by atomic mass is 10.1. The fourth-order valence-electron chi connectivity index (χ4n) is 11.0. The molecule has 640 valence electrons. The zero-order valence-corrected chi connectivity index (χ0v) is 72.0. The standard InChI is InChI=1S/C95H154O16P2/c1-4-7-10-13-16-19-22-25-28-31-34-37-40-42-44-46-49-51-54-57-60-63-66-69-72-75-78-81-93(98)105-84-90(96)85-107-112(101,102)108-86-91(97)87-109-113(103,104)110-89-92(111-95(100)83-80-77-74-71-68-65-62-59-56-53-48-39-36-33-30-27-24-21-18-15-12-9-6-3)88-106-94(99)82-79-76-73-70-67-64-61-58-55-52-50-47-45-43-41-38-35-32-29-26-23-20-17-14-11-8-5-2/h7-12,16-21,25-30,34-39,42-45,49-53,56,90-92,96-97H,4-6,13-15,22-24,31-33,40-41,46-48,54-55,57-89H2,1-3H3,(H,101,102)(H,103,104)/b10-7-,11-8-,12-9-,19-16-,20-17-,21-18-,28-25-,29-26-,30-27-,37-34-,38-35-,39-36-,44-42-,45-43-,51-49-,52-50-,56-53-. The number of phosphoric acid groups is 2. The molecule has 4 N–H and O–H groups in total. The SMILES string of the molecule is CC/C=C\C/C=C\C/C=C\C/C=C\C/C=C\C/C=C\CCCCCCCCCCC(=O)OCC(O)COP(=O)(O)OCC(O)COP(=O)(O)OCC(COC(=O)CCCCCCCCCC/C=C\C/C=C\C/C=C\C/C=C\C/C=C\C/C=C\CC)OC(=O)CCCCCCCCC/C=C\C/C=C\C/C=C\C/C=C\C/C=C\CC. The Morgan fingerprint density at radius 1 is 0.248 bits per heavy atom. The largest absolute Gasteiger partial charge is 0.472 e. The molecular weight excluding hydrogens is 1460 g/mol. The van der Waals surface area contributed by atoms with Gasteiger partial charge in [-0.05, 0) is 167 Å². The van der Waals surface area contributed by atoms with E-state index in [0.29, 0.717) is 19.3 Å². The number of aliphatic hydroxyl groups excluding tert-OH is 2. The molecule has 5 atom stereocenters. The summed E-state index contributed by atoms with van der Waals surface area (Å²) < 4.78 is 61.4. The van der Waals surface area contributed by atoms with Crippen molar-refractivity contribution in [3.8, 4) is 0 Å². The van der Waals surface area contributed by atoms with E-state index in [1.807, 2.05) is 0 Å². The van der Waals surface area contributed by atoms with E-state index >= 15 is 0 Å². The Morgan fingerprint density at radius 3 is 0.699 bits per heavy atom. The summed E-state index contributed by atoms with van der Waals surface area (Å²) in [4.78, 5) is 58.9. The molecule has 0 radical (unpaired) electrons. The quantitative estimate of drug-likeness (QED) is 0.0146. The number of hydrogen-bond acceptors (Lipinski definition) is 14. The topological polar surface area (TPSA) is 231 Å². The molecule has 0 amide bonds. The molecule has 0 aliphatic rings. The van der Waals surface area contributed by atoms with Gasteiger partial charge < -0.3 is 34.2 Å². The van der Waals surface area contributed by atoms with Gasteiger partial charge in [-0.25, -0.2) is 9.13 Å². The molecule has 0 aromatic rings. The molecule has 16 nitrogen and oxygen atoms in total. The molecule has 0 saturated heterocycles. The van der Waals surface area contributed by atoms with Gasteiger partial charge in [-0.1, -0.05) is 337 Å². The fourth-order valence-corrected chi connectivity index (χ4v) is 12.6. The Hall–Kier alpha value is -5.87. The first kappa shape index (κ1) is 107. The molecule has 0 saturated carbocycles. The molecule has 0 aromatic carbocycles. The van der Waals surface area contributed by atoms with Gasteiger partial charge in [0.2, 0.25) is 0 Å². The first-order chi connectivity index (χ1) is 55.2. The van der Waals surface area contributed by atoms with Crippen molar-refractivity contribution in [3.63, 3.8) is 0 Å². The van der Waals surface area contributed by atoms with Gasteiger partial charge in [-0.3, -0.25) is 32.5 Å². The van der Waals surface area contributed by atoms with E-state index < -0.39 is 91.5 Å². The normalized spacial score (nSPS) is 14.9. The van der Waals surface area contributed by atoms with E-state index in [9.17, 15) is 43.5 Å². The van der Waals surface area contributed by atoms with Gasteiger partial charge in [-0.15, -0.1) is 0 Å². The van der Waals surface area contributed by atoms with Gasteiger partial charge >= 0.3 is 33.6 Å². The lowest BCUT2D eigenvalue weighted by molar-refractivity contribution is -0.161. The highest BCUT2D eigenvalue weighted by atomic mass is 31.2. The summed E-state index contributed by atoms with van der Waals surface area (Å²) in [5.41, 5.74) is 0. The number of carbonyl (C=O) groups excluding carboxylic acids is 3. The number of carbonyl (C=O) groups is 3. The Bertz CT molecular complexity index is 2880. The first-order valence-electron chi connectivity index (χ1n) is 43.4. The summed E-state index contributed by atoms with van der Waals surface area (Å²) in [6.45, 7) is 2.31. The lowest BCUT2D eigenvalue weighted by Crippen LogP contribution is -2.30. The zero-order chi connectivity index (χ0) is 82.2. The van der Waals surface area contributed by atoms with Gasteiger partial charge in [0.15, 0.2) is 6.10 Å². The summed E-state index contributed by atoms with van der Waals surface area (Å²) in [5.74, 6) is -1.61. The van der Waals surface area contributed by atoms with Crippen LogP contribution in [0.3, 0.4) is 0 Å². The van der Waals surface area contributed by atoms with Crippen LogP contribution in [0.4, 0.5) is 0 Å². The maximum Gasteiger partial charge on any atom is 0.472 e. The summed E-state index contributed by atoms with van der Waals surface area (Å²) in [5, 5.41) is 20.7. The molecular formula is C95H154O16P2. The second-order valence-corrected chi connectivity index (χ2v) is 31.1. The second kappa shape index (κ2) is 85.5. The van der Waals surface area contributed by atoms with E-state index in [2.05, 4.69) is 227 Å². The Labute approximate surface area is 686 Å². The van der Waals surface area contributed by atoms with Crippen molar-refractivity contribution in [2.75, 3.05) is 39.6 Å². The van der Waals surface area contributed by atoms with Crippen LogP contribution in [0.5, 0.6) is 0 Å². The smallest absolute Gasteiger partial charge is 0.463 e. The molecule has 0 spiro atoms. The maximum atomic E-state index is 13.1. The molecule has 0 aromatic heterocycles. The average molecular weight is 1610 g/mol. The highest BCUT2D eigenvalue weighted by Crippen LogP contribution is 2.45. The number of unbranched alkanes of at least 4 members (excludes halogenated alkanes) is 23. The minimum atomic E-state index is -4.95. The Balaban J connectivity index is 4.73. The van der Waals surface area contributed by atoms with Gasteiger partial charge in [0, 0.05) is 19.3 Å². The van der Waals surface area contributed by atoms with E-state index in [1.165, 1.54) is 25.7 Å². The van der Waals surface area contributed by atoms with Crippen LogP contribution in [0.1, 0.15) is 316 Å². The lowest BCUT2D eigenvalue weighted by Gasteiger charge is -2.21. The van der Waals surface area contributed by atoms with E-state index in [0.717, 1.165) is 231 Å². The number of ether oxygens (including phenoxy) is 3. The van der Waals surface area contributed by atoms with Crippen LogP contribution in [-0.4, -0.2) is 95.9 Å². The van der Waals surface area contributed by atoms with Crippen LogP contribution in [0.2, 0.25) is 0 Å². The predicted molar refractivity (Wildman–Crippen MR) is 472 cm³/mol. The minimum absolute atomic E-state index is 0.0810. The summed E-state index contributed by atoms with van der Waals surface area (Å²) in [6, 6.07) is 0. The van der Waals surface area contributed by atoms with Crippen molar-refractivity contribution in [2.45, 2.75) is 334 Å². The van der Waals surface area contributed by atoms with Crippen LogP contribution in [0.25, 0.3) is 0 Å². The molecule has 5 unspecified atom stereocenters.